The van der Waals surface area contributed by atoms with Crippen LogP contribution in [0, 0.1) is 11.3 Å². The molecular formula is C22H18Cl2N8. The molecule has 2 N–H and O–H groups in total. The molecular weight excluding hydrogens is 447 g/mol. The Morgan fingerprint density at radius 2 is 1.97 bits per heavy atom. The van der Waals surface area contributed by atoms with E-state index in [2.05, 4.69) is 31.3 Å². The number of pyridine rings is 1. The number of aromatic amines is 1. The highest BCUT2D eigenvalue weighted by atomic mass is 35.5. The molecule has 0 amide bonds. The Hall–Kier alpha value is -3.67. The molecule has 0 spiro atoms. The number of hydrogen-bond donors (Lipinski definition) is 2. The lowest BCUT2D eigenvalue weighted by atomic mass is 10.1. The van der Waals surface area contributed by atoms with E-state index in [1.807, 2.05) is 18.0 Å². The first-order valence-electron chi connectivity index (χ1n) is 9.67. The van der Waals surface area contributed by atoms with Crippen molar-refractivity contribution >= 4 is 35.0 Å². The minimum absolute atomic E-state index is 0.499. The van der Waals surface area contributed by atoms with Crippen molar-refractivity contribution in [1.29, 1.82) is 5.26 Å². The fourth-order valence-electron chi connectivity index (χ4n) is 3.06. The standard InChI is InChI=1S/C22H18Cl2N8/c1-32(7-6-27-20-5-2-14(9-25)10-28-20)22-29-11-17(19-12-26-13-30-19)21(31-22)16-4-3-15(23)8-18(16)24/h2-5,8,10-13H,6-7H2,1H3,(H,26,30)(H,27,28). The first kappa shape index (κ1) is 21.6. The average Bonchev–Trinajstić information content (AvgIpc) is 3.34. The molecule has 32 heavy (non-hydrogen) atoms. The molecule has 0 unspecified atom stereocenters. The number of aromatic nitrogens is 5. The molecule has 160 valence electrons. The van der Waals surface area contributed by atoms with Crippen LogP contribution >= 0.6 is 23.2 Å². The Morgan fingerprint density at radius 3 is 2.66 bits per heavy atom. The molecule has 8 nitrogen and oxygen atoms in total. The molecule has 1 aromatic carbocycles. The van der Waals surface area contributed by atoms with E-state index in [1.165, 1.54) is 6.20 Å². The molecule has 0 saturated heterocycles. The van der Waals surface area contributed by atoms with Crippen molar-refractivity contribution in [2.75, 3.05) is 30.4 Å². The second kappa shape index (κ2) is 9.64. The van der Waals surface area contributed by atoms with Crippen LogP contribution in [0.3, 0.4) is 0 Å². The van der Waals surface area contributed by atoms with E-state index >= 15 is 0 Å². The van der Waals surface area contributed by atoms with Gasteiger partial charge in [-0.15, -0.1) is 0 Å². The van der Waals surface area contributed by atoms with Gasteiger partial charge < -0.3 is 15.2 Å². The van der Waals surface area contributed by atoms with Gasteiger partial charge in [-0.3, -0.25) is 0 Å². The van der Waals surface area contributed by atoms with Gasteiger partial charge in [-0.1, -0.05) is 23.2 Å². The number of imidazole rings is 1. The Labute approximate surface area is 194 Å². The largest absolute Gasteiger partial charge is 0.368 e. The van der Waals surface area contributed by atoms with Crippen LogP contribution in [-0.2, 0) is 0 Å². The first-order valence-corrected chi connectivity index (χ1v) is 10.4. The quantitative estimate of drug-likeness (QED) is 0.409. The van der Waals surface area contributed by atoms with E-state index < -0.39 is 0 Å². The maximum absolute atomic E-state index is 8.87. The number of benzene rings is 1. The summed E-state index contributed by atoms with van der Waals surface area (Å²) in [6, 6.07) is 10.9. The lowest BCUT2D eigenvalue weighted by Crippen LogP contribution is -2.26. The Morgan fingerprint density at radius 1 is 1.09 bits per heavy atom. The molecule has 0 aliphatic heterocycles. The first-order chi connectivity index (χ1) is 15.5. The molecule has 0 radical (unpaired) electrons. The summed E-state index contributed by atoms with van der Waals surface area (Å²) in [5.74, 6) is 1.24. The lowest BCUT2D eigenvalue weighted by molar-refractivity contribution is 0.865. The summed E-state index contributed by atoms with van der Waals surface area (Å²) < 4.78 is 0. The SMILES string of the molecule is CN(CCNc1ccc(C#N)cn1)c1ncc(-c2cnc[nH]2)c(-c2ccc(Cl)cc2Cl)n1. The molecule has 4 rings (SSSR count). The van der Waals surface area contributed by atoms with Crippen molar-refractivity contribution in [3.05, 3.63) is 70.9 Å². The number of nitrogens with one attached hydrogen (secondary N) is 2. The summed E-state index contributed by atoms with van der Waals surface area (Å²) in [5, 5.41) is 13.1. The Kier molecular flexibility index (Phi) is 6.50. The summed E-state index contributed by atoms with van der Waals surface area (Å²) in [6.07, 6.45) is 6.60. The molecule has 0 saturated carbocycles. The molecule has 3 aromatic heterocycles. The minimum atomic E-state index is 0.499. The number of anilines is 2. The van der Waals surface area contributed by atoms with E-state index in [4.69, 9.17) is 33.4 Å². The number of nitriles is 1. The summed E-state index contributed by atoms with van der Waals surface area (Å²) in [7, 11) is 1.91. The molecule has 10 heteroatoms. The number of nitrogens with zero attached hydrogens (tertiary/aromatic N) is 6. The van der Waals surface area contributed by atoms with Gasteiger partial charge in [0.15, 0.2) is 0 Å². The van der Waals surface area contributed by atoms with Gasteiger partial charge in [0, 0.05) is 48.7 Å². The van der Waals surface area contributed by atoms with Gasteiger partial charge >= 0.3 is 0 Å². The third-order valence-corrected chi connectivity index (χ3v) is 5.29. The average molecular weight is 465 g/mol. The van der Waals surface area contributed by atoms with Crippen molar-refractivity contribution in [2.45, 2.75) is 0 Å². The highest BCUT2D eigenvalue weighted by Gasteiger charge is 2.17. The fourth-order valence-corrected chi connectivity index (χ4v) is 3.56. The van der Waals surface area contributed by atoms with E-state index in [1.54, 1.807) is 43.0 Å². The van der Waals surface area contributed by atoms with Crippen molar-refractivity contribution in [3.63, 3.8) is 0 Å². The van der Waals surface area contributed by atoms with E-state index in [-0.39, 0.29) is 0 Å². The van der Waals surface area contributed by atoms with Crippen molar-refractivity contribution in [3.8, 4) is 28.6 Å². The minimum Gasteiger partial charge on any atom is -0.368 e. The molecule has 0 atom stereocenters. The van der Waals surface area contributed by atoms with Crippen molar-refractivity contribution < 1.29 is 0 Å². The number of likely N-dealkylation sites (N-methyl/N-ethyl adjacent to an activating group) is 1. The number of hydrogen-bond acceptors (Lipinski definition) is 7. The monoisotopic (exact) mass is 464 g/mol. The summed E-state index contributed by atoms with van der Waals surface area (Å²) >= 11 is 12.6. The normalized spacial score (nSPS) is 10.6. The third-order valence-electron chi connectivity index (χ3n) is 4.74. The van der Waals surface area contributed by atoms with E-state index in [0.717, 1.165) is 16.8 Å². The lowest BCUT2D eigenvalue weighted by Gasteiger charge is -2.19. The Bertz CT molecular complexity index is 1250. The van der Waals surface area contributed by atoms with Gasteiger partial charge in [0.2, 0.25) is 5.95 Å². The van der Waals surface area contributed by atoms with Crippen LogP contribution in [-0.4, -0.2) is 45.1 Å². The van der Waals surface area contributed by atoms with Gasteiger partial charge in [0.25, 0.3) is 0 Å². The second-order valence-corrected chi connectivity index (χ2v) is 7.76. The van der Waals surface area contributed by atoms with Crippen LogP contribution in [0.2, 0.25) is 10.0 Å². The van der Waals surface area contributed by atoms with Gasteiger partial charge in [0.1, 0.15) is 11.9 Å². The van der Waals surface area contributed by atoms with Crippen LogP contribution in [0.25, 0.3) is 22.5 Å². The zero-order chi connectivity index (χ0) is 22.5. The van der Waals surface area contributed by atoms with Crippen LogP contribution in [0.1, 0.15) is 5.56 Å². The van der Waals surface area contributed by atoms with E-state index in [0.29, 0.717) is 46.2 Å². The highest BCUT2D eigenvalue weighted by Crippen LogP contribution is 2.35. The predicted molar refractivity (Wildman–Crippen MR) is 126 cm³/mol. The number of rotatable bonds is 7. The molecule has 3 heterocycles. The smallest absolute Gasteiger partial charge is 0.225 e. The molecule has 0 aliphatic carbocycles. The molecule has 0 aliphatic rings. The van der Waals surface area contributed by atoms with Crippen LogP contribution < -0.4 is 10.2 Å². The summed E-state index contributed by atoms with van der Waals surface area (Å²) in [5.41, 5.74) is 3.51. The topological polar surface area (TPSA) is 106 Å². The molecule has 0 bridgehead atoms. The zero-order valence-electron chi connectivity index (χ0n) is 17.0. The highest BCUT2D eigenvalue weighted by molar-refractivity contribution is 6.36. The molecule has 0 fully saturated rings. The maximum atomic E-state index is 8.87. The predicted octanol–water partition coefficient (Wildman–Crippen LogP) is 4.66. The van der Waals surface area contributed by atoms with Gasteiger partial charge in [0.05, 0.1) is 34.5 Å². The molecule has 4 aromatic rings. The van der Waals surface area contributed by atoms with Gasteiger partial charge in [-0.05, 0) is 30.3 Å². The Balaban J connectivity index is 1.56. The van der Waals surface area contributed by atoms with Gasteiger partial charge in [-0.25, -0.2) is 19.9 Å². The van der Waals surface area contributed by atoms with Crippen molar-refractivity contribution in [1.82, 2.24) is 24.9 Å². The third kappa shape index (κ3) is 4.80. The summed E-state index contributed by atoms with van der Waals surface area (Å²) in [6.45, 7) is 1.23. The van der Waals surface area contributed by atoms with Crippen molar-refractivity contribution in [2.24, 2.45) is 0 Å². The van der Waals surface area contributed by atoms with E-state index in [9.17, 15) is 0 Å². The second-order valence-electron chi connectivity index (χ2n) is 6.91. The zero-order valence-corrected chi connectivity index (χ0v) is 18.6. The number of halogens is 2. The fraction of sp³-hybridized carbons (Fsp3) is 0.136. The van der Waals surface area contributed by atoms with Crippen LogP contribution in [0.4, 0.5) is 11.8 Å². The van der Waals surface area contributed by atoms with Crippen LogP contribution in [0.15, 0.2) is 55.2 Å². The maximum Gasteiger partial charge on any atom is 0.225 e. The van der Waals surface area contributed by atoms with Gasteiger partial charge in [-0.2, -0.15) is 5.26 Å². The van der Waals surface area contributed by atoms with Crippen LogP contribution in [0.5, 0.6) is 0 Å². The number of H-pyrrole nitrogens is 1. The summed E-state index contributed by atoms with van der Waals surface area (Å²) in [4.78, 5) is 22.7.